The zero-order chi connectivity index (χ0) is 13.0. The van der Waals surface area contributed by atoms with Crippen LogP contribution in [0.15, 0.2) is 30.3 Å². The Morgan fingerprint density at radius 2 is 2.06 bits per heavy atom. The highest BCUT2D eigenvalue weighted by atomic mass is 16.2. The van der Waals surface area contributed by atoms with Crippen molar-refractivity contribution in [3.63, 3.8) is 0 Å². The van der Waals surface area contributed by atoms with Crippen molar-refractivity contribution in [3.8, 4) is 11.8 Å². The predicted molar refractivity (Wildman–Crippen MR) is 67.4 cm³/mol. The summed E-state index contributed by atoms with van der Waals surface area (Å²) in [4.78, 5) is 25.3. The Labute approximate surface area is 106 Å². The Kier molecular flexibility index (Phi) is 3.63. The summed E-state index contributed by atoms with van der Waals surface area (Å²) in [5.74, 6) is 5.29. The largest absolute Gasteiger partial charge is 0.339 e. The summed E-state index contributed by atoms with van der Waals surface area (Å²) in [7, 11) is 0. The molecular weight excluding hydrogens is 228 g/mol. The molecule has 18 heavy (non-hydrogen) atoms. The molecule has 0 saturated carbocycles. The first-order chi connectivity index (χ1) is 8.72. The lowest BCUT2D eigenvalue weighted by Gasteiger charge is -2.31. The molecule has 0 aromatic heterocycles. The summed E-state index contributed by atoms with van der Waals surface area (Å²) in [5, 5.41) is 2.71. The number of piperazine rings is 1. The molecule has 92 valence electrons. The third-order valence-electron chi connectivity index (χ3n) is 2.78. The molecule has 4 heteroatoms. The van der Waals surface area contributed by atoms with E-state index < -0.39 is 6.04 Å². The minimum atomic E-state index is -0.592. The van der Waals surface area contributed by atoms with E-state index in [2.05, 4.69) is 17.2 Å². The van der Waals surface area contributed by atoms with Gasteiger partial charge in [-0.05, 0) is 12.5 Å². The van der Waals surface area contributed by atoms with Gasteiger partial charge >= 0.3 is 0 Å². The fourth-order valence-corrected chi connectivity index (χ4v) is 1.88. The summed E-state index contributed by atoms with van der Waals surface area (Å²) in [6.45, 7) is 2.09. The van der Waals surface area contributed by atoms with Crippen LogP contribution in [0.3, 0.4) is 0 Å². The lowest BCUT2D eigenvalue weighted by molar-refractivity contribution is -0.143. The number of nitrogens with zero attached hydrogens (tertiary/aromatic N) is 1. The van der Waals surface area contributed by atoms with E-state index in [-0.39, 0.29) is 18.4 Å². The molecule has 1 unspecified atom stereocenters. The van der Waals surface area contributed by atoms with Crippen molar-refractivity contribution in [2.75, 3.05) is 13.1 Å². The van der Waals surface area contributed by atoms with Crippen molar-refractivity contribution in [1.29, 1.82) is 0 Å². The first kappa shape index (κ1) is 12.2. The molecular formula is C14H14N2O2. The Bertz CT molecular complexity index is 514. The third-order valence-corrected chi connectivity index (χ3v) is 2.78. The van der Waals surface area contributed by atoms with Gasteiger partial charge in [0.1, 0.15) is 12.6 Å². The van der Waals surface area contributed by atoms with Gasteiger partial charge in [-0.15, -0.1) is 5.92 Å². The number of rotatable bonds is 2. The van der Waals surface area contributed by atoms with E-state index in [9.17, 15) is 9.59 Å². The van der Waals surface area contributed by atoms with Crippen molar-refractivity contribution in [2.45, 2.75) is 13.0 Å². The molecule has 1 atom stereocenters. The first-order valence-corrected chi connectivity index (χ1v) is 5.75. The van der Waals surface area contributed by atoms with E-state index in [1.807, 2.05) is 30.3 Å². The molecule has 2 rings (SSSR count). The predicted octanol–water partition coefficient (Wildman–Crippen LogP) is 0.709. The van der Waals surface area contributed by atoms with E-state index in [1.165, 1.54) is 4.90 Å². The van der Waals surface area contributed by atoms with Crippen molar-refractivity contribution >= 4 is 11.8 Å². The summed E-state index contributed by atoms with van der Waals surface area (Å²) >= 11 is 0. The molecule has 1 aromatic rings. The van der Waals surface area contributed by atoms with Crippen LogP contribution in [0.2, 0.25) is 0 Å². The second-order valence-electron chi connectivity index (χ2n) is 4.03. The summed E-state index contributed by atoms with van der Waals surface area (Å²) in [6, 6.07) is 8.64. The van der Waals surface area contributed by atoms with Crippen LogP contribution in [0.25, 0.3) is 0 Å². The van der Waals surface area contributed by atoms with Crippen molar-refractivity contribution in [3.05, 3.63) is 35.9 Å². The van der Waals surface area contributed by atoms with Gasteiger partial charge in [-0.2, -0.15) is 0 Å². The number of hydrogen-bond acceptors (Lipinski definition) is 2. The molecule has 1 fully saturated rings. The van der Waals surface area contributed by atoms with Gasteiger partial charge in [0.15, 0.2) is 0 Å². The number of benzene rings is 1. The molecule has 1 aliphatic rings. The van der Waals surface area contributed by atoms with E-state index >= 15 is 0 Å². The Morgan fingerprint density at radius 3 is 2.72 bits per heavy atom. The highest BCUT2D eigenvalue weighted by Crippen LogP contribution is 2.18. The normalized spacial score (nSPS) is 18.9. The van der Waals surface area contributed by atoms with Crippen LogP contribution in [-0.4, -0.2) is 29.8 Å². The molecule has 1 saturated heterocycles. The fourth-order valence-electron chi connectivity index (χ4n) is 1.88. The molecule has 4 nitrogen and oxygen atoms in total. The van der Waals surface area contributed by atoms with Crippen LogP contribution in [0.1, 0.15) is 18.5 Å². The van der Waals surface area contributed by atoms with Crippen LogP contribution >= 0.6 is 0 Å². The maximum Gasteiger partial charge on any atom is 0.251 e. The Hall–Kier alpha value is -2.28. The van der Waals surface area contributed by atoms with Crippen molar-refractivity contribution in [1.82, 2.24) is 10.2 Å². The van der Waals surface area contributed by atoms with Crippen LogP contribution in [0, 0.1) is 11.8 Å². The van der Waals surface area contributed by atoms with Crippen molar-refractivity contribution < 1.29 is 9.59 Å². The van der Waals surface area contributed by atoms with E-state index in [0.29, 0.717) is 6.54 Å². The topological polar surface area (TPSA) is 49.4 Å². The van der Waals surface area contributed by atoms with Gasteiger partial charge in [-0.3, -0.25) is 9.59 Å². The van der Waals surface area contributed by atoms with Crippen LogP contribution in [0.5, 0.6) is 0 Å². The summed E-state index contributed by atoms with van der Waals surface area (Å²) in [5.41, 5.74) is 0.796. The lowest BCUT2D eigenvalue weighted by Crippen LogP contribution is -2.53. The molecule has 0 radical (unpaired) electrons. The van der Waals surface area contributed by atoms with Gasteiger partial charge in [0, 0.05) is 0 Å². The van der Waals surface area contributed by atoms with Gasteiger partial charge in [0.2, 0.25) is 5.91 Å². The van der Waals surface area contributed by atoms with Gasteiger partial charge in [0.25, 0.3) is 5.91 Å². The molecule has 1 N–H and O–H groups in total. The standard InChI is InChI=1S/C14H14N2O2/c1-2-3-9-16-10-12(17)15-13(14(16)18)11-7-5-4-6-8-11/h4-8,13H,9-10H2,1H3,(H,15,17). The summed E-state index contributed by atoms with van der Waals surface area (Å²) in [6.07, 6.45) is 0. The number of hydrogen-bond donors (Lipinski definition) is 1. The average molecular weight is 242 g/mol. The molecule has 0 aliphatic carbocycles. The monoisotopic (exact) mass is 242 g/mol. The highest BCUT2D eigenvalue weighted by molar-refractivity contribution is 5.95. The maximum absolute atomic E-state index is 12.2. The van der Waals surface area contributed by atoms with Crippen LogP contribution in [0.4, 0.5) is 0 Å². The Morgan fingerprint density at radius 1 is 1.33 bits per heavy atom. The molecule has 0 spiro atoms. The zero-order valence-corrected chi connectivity index (χ0v) is 10.1. The minimum absolute atomic E-state index is 0.0802. The quantitative estimate of drug-likeness (QED) is 0.776. The number of carbonyl (C=O) groups is 2. The second kappa shape index (κ2) is 5.37. The minimum Gasteiger partial charge on any atom is -0.339 e. The average Bonchev–Trinajstić information content (AvgIpc) is 2.40. The van der Waals surface area contributed by atoms with Crippen LogP contribution in [-0.2, 0) is 9.59 Å². The number of nitrogens with one attached hydrogen (secondary N) is 1. The lowest BCUT2D eigenvalue weighted by atomic mass is 10.0. The molecule has 0 bridgehead atoms. The third kappa shape index (κ3) is 2.51. The van der Waals surface area contributed by atoms with Crippen LogP contribution < -0.4 is 5.32 Å². The highest BCUT2D eigenvalue weighted by Gasteiger charge is 2.32. The number of amides is 2. The second-order valence-corrected chi connectivity index (χ2v) is 4.03. The van der Waals surface area contributed by atoms with E-state index in [0.717, 1.165) is 5.56 Å². The van der Waals surface area contributed by atoms with Gasteiger partial charge in [0.05, 0.1) is 6.54 Å². The number of carbonyl (C=O) groups excluding carboxylic acids is 2. The van der Waals surface area contributed by atoms with Gasteiger partial charge < -0.3 is 10.2 Å². The van der Waals surface area contributed by atoms with E-state index in [4.69, 9.17) is 0 Å². The van der Waals surface area contributed by atoms with E-state index in [1.54, 1.807) is 6.92 Å². The first-order valence-electron chi connectivity index (χ1n) is 5.75. The fraction of sp³-hybridized carbons (Fsp3) is 0.286. The zero-order valence-electron chi connectivity index (χ0n) is 10.1. The van der Waals surface area contributed by atoms with Crippen molar-refractivity contribution in [2.24, 2.45) is 0 Å². The molecule has 1 aromatic carbocycles. The Balaban J connectivity index is 2.22. The molecule has 1 heterocycles. The van der Waals surface area contributed by atoms with Gasteiger partial charge in [-0.1, -0.05) is 36.3 Å². The summed E-state index contributed by atoms with van der Waals surface area (Å²) < 4.78 is 0. The smallest absolute Gasteiger partial charge is 0.251 e. The SMILES string of the molecule is CC#CCN1CC(=O)NC(c2ccccc2)C1=O. The molecule has 1 aliphatic heterocycles. The molecule has 2 amide bonds. The maximum atomic E-state index is 12.2. The van der Waals surface area contributed by atoms with Gasteiger partial charge in [-0.25, -0.2) is 0 Å².